The van der Waals surface area contributed by atoms with Crippen LogP contribution >= 0.6 is 0 Å². The average Bonchev–Trinajstić information content (AvgIpc) is 2.15. The highest BCUT2D eigenvalue weighted by Crippen LogP contribution is 2.23. The van der Waals surface area contributed by atoms with Crippen LogP contribution in [-0.4, -0.2) is 23.4 Å². The molecular weight excluding hydrogens is 116 g/mol. The molecule has 0 amide bonds. The summed E-state index contributed by atoms with van der Waals surface area (Å²) in [5, 5.41) is 9.41. The molecule has 0 aromatic rings. The molecule has 1 rings (SSSR count). The van der Waals surface area contributed by atoms with E-state index in [4.69, 9.17) is 11.2 Å². The fourth-order valence-electron chi connectivity index (χ4n) is 0.922. The first-order valence-electron chi connectivity index (χ1n) is 3.01. The Labute approximate surface area is 54.8 Å². The molecule has 1 saturated heterocycles. The van der Waals surface area contributed by atoms with Crippen LogP contribution in [0.1, 0.15) is 13.3 Å². The Kier molecular flexibility index (Phi) is 1.48. The van der Waals surface area contributed by atoms with E-state index in [1.54, 1.807) is 6.92 Å². The monoisotopic (exact) mass is 126 g/mol. The summed E-state index contributed by atoms with van der Waals surface area (Å²) in [6.07, 6.45) is 5.43. The zero-order valence-corrected chi connectivity index (χ0v) is 5.42. The summed E-state index contributed by atoms with van der Waals surface area (Å²) in [6, 6.07) is 0. The van der Waals surface area contributed by atoms with Crippen LogP contribution in [0.25, 0.3) is 0 Å². The van der Waals surface area contributed by atoms with Crippen molar-refractivity contribution in [3.05, 3.63) is 0 Å². The van der Waals surface area contributed by atoms with Crippen LogP contribution in [0.4, 0.5) is 0 Å². The van der Waals surface area contributed by atoms with E-state index in [9.17, 15) is 5.11 Å². The SMILES string of the molecule is C#CC1(O)CCOC1C. The fraction of sp³-hybridized carbons (Fsp3) is 0.714. The molecule has 1 N–H and O–H groups in total. The highest BCUT2D eigenvalue weighted by atomic mass is 16.5. The minimum atomic E-state index is -1.00. The lowest BCUT2D eigenvalue weighted by atomic mass is 9.98. The molecule has 0 spiro atoms. The smallest absolute Gasteiger partial charge is 0.153 e. The van der Waals surface area contributed by atoms with E-state index in [-0.39, 0.29) is 6.10 Å². The molecule has 2 unspecified atom stereocenters. The third-order valence-electron chi connectivity index (χ3n) is 1.77. The number of hydrogen-bond acceptors (Lipinski definition) is 2. The van der Waals surface area contributed by atoms with Crippen molar-refractivity contribution in [2.24, 2.45) is 0 Å². The van der Waals surface area contributed by atoms with Gasteiger partial charge in [0.05, 0.1) is 12.7 Å². The lowest BCUT2D eigenvalue weighted by Gasteiger charge is -2.17. The number of hydrogen-bond donors (Lipinski definition) is 1. The van der Waals surface area contributed by atoms with Crippen molar-refractivity contribution in [2.45, 2.75) is 25.0 Å². The van der Waals surface area contributed by atoms with E-state index in [1.807, 2.05) is 0 Å². The predicted octanol–water partition coefficient (Wildman–Crippen LogP) is 0.159. The summed E-state index contributed by atoms with van der Waals surface area (Å²) >= 11 is 0. The first-order valence-corrected chi connectivity index (χ1v) is 3.01. The Balaban J connectivity index is 2.70. The molecule has 0 aromatic carbocycles. The highest BCUT2D eigenvalue weighted by Gasteiger charge is 2.37. The minimum Gasteiger partial charge on any atom is -0.375 e. The van der Waals surface area contributed by atoms with Crippen LogP contribution in [0.5, 0.6) is 0 Å². The molecule has 1 heterocycles. The molecule has 50 valence electrons. The largest absolute Gasteiger partial charge is 0.375 e. The fourth-order valence-corrected chi connectivity index (χ4v) is 0.922. The van der Waals surface area contributed by atoms with Gasteiger partial charge >= 0.3 is 0 Å². The number of ether oxygens (including phenoxy) is 1. The number of rotatable bonds is 0. The molecule has 0 aliphatic carbocycles. The van der Waals surface area contributed by atoms with Crippen molar-refractivity contribution in [1.82, 2.24) is 0 Å². The van der Waals surface area contributed by atoms with Gasteiger partial charge in [-0.25, -0.2) is 0 Å². The Morgan fingerprint density at radius 2 is 2.56 bits per heavy atom. The van der Waals surface area contributed by atoms with Gasteiger partial charge in [-0.1, -0.05) is 5.92 Å². The summed E-state index contributed by atoms with van der Waals surface area (Å²) < 4.78 is 5.07. The van der Waals surface area contributed by atoms with Crippen molar-refractivity contribution in [2.75, 3.05) is 6.61 Å². The molecule has 9 heavy (non-hydrogen) atoms. The van der Waals surface area contributed by atoms with E-state index in [2.05, 4.69) is 5.92 Å². The maximum Gasteiger partial charge on any atom is 0.153 e. The molecule has 0 radical (unpaired) electrons. The maximum atomic E-state index is 9.41. The lowest BCUT2D eigenvalue weighted by Crippen LogP contribution is -2.33. The van der Waals surface area contributed by atoms with Crippen molar-refractivity contribution in [1.29, 1.82) is 0 Å². The van der Waals surface area contributed by atoms with Gasteiger partial charge in [-0.05, 0) is 6.92 Å². The molecule has 0 saturated carbocycles. The van der Waals surface area contributed by atoms with Gasteiger partial charge in [0, 0.05) is 6.42 Å². The van der Waals surface area contributed by atoms with Gasteiger partial charge in [0.2, 0.25) is 0 Å². The van der Waals surface area contributed by atoms with Crippen LogP contribution in [0.2, 0.25) is 0 Å². The van der Waals surface area contributed by atoms with E-state index in [0.29, 0.717) is 13.0 Å². The van der Waals surface area contributed by atoms with E-state index in [1.165, 1.54) is 0 Å². The van der Waals surface area contributed by atoms with Crippen molar-refractivity contribution >= 4 is 0 Å². The minimum absolute atomic E-state index is 0.206. The molecule has 0 aromatic heterocycles. The summed E-state index contributed by atoms with van der Waals surface area (Å²) in [4.78, 5) is 0. The third-order valence-corrected chi connectivity index (χ3v) is 1.77. The normalized spacial score (nSPS) is 42.6. The molecular formula is C7H10O2. The van der Waals surface area contributed by atoms with Gasteiger partial charge in [0.25, 0.3) is 0 Å². The standard InChI is InChI=1S/C7H10O2/c1-3-7(8)4-5-9-6(7)2/h1,6,8H,4-5H2,2H3. The Bertz CT molecular complexity index is 147. The third kappa shape index (κ3) is 0.937. The molecule has 1 fully saturated rings. The summed E-state index contributed by atoms with van der Waals surface area (Å²) in [7, 11) is 0. The van der Waals surface area contributed by atoms with Gasteiger partial charge in [0.15, 0.2) is 5.60 Å². The molecule has 1 aliphatic heterocycles. The molecule has 1 aliphatic rings. The number of terminal acetylenes is 1. The van der Waals surface area contributed by atoms with E-state index in [0.717, 1.165) is 0 Å². The van der Waals surface area contributed by atoms with Crippen molar-refractivity contribution in [3.63, 3.8) is 0 Å². The van der Waals surface area contributed by atoms with Gasteiger partial charge < -0.3 is 9.84 Å². The second kappa shape index (κ2) is 2.02. The van der Waals surface area contributed by atoms with Crippen LogP contribution < -0.4 is 0 Å². The second-order valence-corrected chi connectivity index (χ2v) is 2.33. The maximum absolute atomic E-state index is 9.41. The quantitative estimate of drug-likeness (QED) is 0.468. The summed E-state index contributed by atoms with van der Waals surface area (Å²) in [5.41, 5.74) is -1.00. The zero-order chi connectivity index (χ0) is 6.91. The van der Waals surface area contributed by atoms with Crippen molar-refractivity contribution < 1.29 is 9.84 Å². The van der Waals surface area contributed by atoms with E-state index < -0.39 is 5.60 Å². The first-order chi connectivity index (χ1) is 4.19. The predicted molar refractivity (Wildman–Crippen MR) is 33.8 cm³/mol. The molecule has 2 heteroatoms. The second-order valence-electron chi connectivity index (χ2n) is 2.33. The molecule has 0 bridgehead atoms. The van der Waals surface area contributed by atoms with Crippen molar-refractivity contribution in [3.8, 4) is 12.3 Å². The zero-order valence-electron chi connectivity index (χ0n) is 5.42. The van der Waals surface area contributed by atoms with Crippen LogP contribution in [0, 0.1) is 12.3 Å². The average molecular weight is 126 g/mol. The Hall–Kier alpha value is -0.520. The van der Waals surface area contributed by atoms with Crippen LogP contribution in [0.3, 0.4) is 0 Å². The summed E-state index contributed by atoms with van der Waals surface area (Å²) in [6.45, 7) is 2.36. The van der Waals surface area contributed by atoms with Crippen LogP contribution in [-0.2, 0) is 4.74 Å². The highest BCUT2D eigenvalue weighted by molar-refractivity contribution is 5.12. The Morgan fingerprint density at radius 1 is 1.89 bits per heavy atom. The van der Waals surface area contributed by atoms with Gasteiger partial charge in [-0.2, -0.15) is 0 Å². The van der Waals surface area contributed by atoms with E-state index >= 15 is 0 Å². The van der Waals surface area contributed by atoms with Gasteiger partial charge in [-0.3, -0.25) is 0 Å². The molecule has 2 atom stereocenters. The molecule has 2 nitrogen and oxygen atoms in total. The topological polar surface area (TPSA) is 29.5 Å². The van der Waals surface area contributed by atoms with Crippen LogP contribution in [0.15, 0.2) is 0 Å². The lowest BCUT2D eigenvalue weighted by molar-refractivity contribution is 0.0139. The Morgan fingerprint density at radius 3 is 2.78 bits per heavy atom. The van der Waals surface area contributed by atoms with Gasteiger partial charge in [-0.15, -0.1) is 6.42 Å². The first kappa shape index (κ1) is 6.60. The number of aliphatic hydroxyl groups is 1. The summed E-state index contributed by atoms with van der Waals surface area (Å²) in [5.74, 6) is 2.32. The van der Waals surface area contributed by atoms with Gasteiger partial charge in [0.1, 0.15) is 0 Å².